The minimum atomic E-state index is -0.282. The summed E-state index contributed by atoms with van der Waals surface area (Å²) in [6.07, 6.45) is 3.67. The van der Waals surface area contributed by atoms with Gasteiger partial charge in [0.05, 0.1) is 10.7 Å². The van der Waals surface area contributed by atoms with Gasteiger partial charge in [-0.1, -0.05) is 17.7 Å². The van der Waals surface area contributed by atoms with E-state index in [1.54, 1.807) is 6.07 Å². The predicted molar refractivity (Wildman–Crippen MR) is 72.8 cm³/mol. The van der Waals surface area contributed by atoms with Crippen LogP contribution >= 0.6 is 11.6 Å². The van der Waals surface area contributed by atoms with Crippen molar-refractivity contribution in [1.82, 2.24) is 5.32 Å². The van der Waals surface area contributed by atoms with Gasteiger partial charge in [-0.15, -0.1) is 0 Å². The van der Waals surface area contributed by atoms with Gasteiger partial charge in [-0.2, -0.15) is 0 Å². The summed E-state index contributed by atoms with van der Waals surface area (Å²) >= 11 is 5.87. The van der Waals surface area contributed by atoms with E-state index in [0.717, 1.165) is 32.0 Å². The van der Waals surface area contributed by atoms with E-state index in [1.807, 2.05) is 12.1 Å². The second kappa shape index (κ2) is 5.06. The molecular weight excluding hydrogens is 251 g/mol. The lowest BCUT2D eigenvalue weighted by Crippen LogP contribution is -2.39. The summed E-state index contributed by atoms with van der Waals surface area (Å²) in [5.74, 6) is 0.503. The van der Waals surface area contributed by atoms with Crippen molar-refractivity contribution in [3.8, 4) is 0 Å². The Morgan fingerprint density at radius 1 is 1.33 bits per heavy atom. The highest BCUT2D eigenvalue weighted by Crippen LogP contribution is 2.35. The number of rotatable bonds is 2. The lowest BCUT2D eigenvalue weighted by Gasteiger charge is -2.27. The zero-order valence-corrected chi connectivity index (χ0v) is 11.1. The molecule has 1 aliphatic heterocycles. The van der Waals surface area contributed by atoms with Crippen LogP contribution in [0.25, 0.3) is 0 Å². The van der Waals surface area contributed by atoms with Crippen molar-refractivity contribution in [3.63, 3.8) is 0 Å². The van der Waals surface area contributed by atoms with Gasteiger partial charge in [0.1, 0.15) is 0 Å². The van der Waals surface area contributed by atoms with Crippen LogP contribution < -0.4 is 10.2 Å². The van der Waals surface area contributed by atoms with Crippen LogP contribution in [-0.4, -0.2) is 25.7 Å². The lowest BCUT2D eigenvalue weighted by atomic mass is 10.1. The molecule has 2 fully saturated rings. The molecular formula is C14H18ClFN2. The molecule has 98 valence electrons. The van der Waals surface area contributed by atoms with E-state index in [-0.39, 0.29) is 10.8 Å². The highest BCUT2D eigenvalue weighted by Gasteiger charge is 2.33. The van der Waals surface area contributed by atoms with E-state index in [1.165, 1.54) is 12.8 Å². The first-order valence-corrected chi connectivity index (χ1v) is 7.06. The van der Waals surface area contributed by atoms with Gasteiger partial charge in [-0.3, -0.25) is 0 Å². The van der Waals surface area contributed by atoms with E-state index in [0.29, 0.717) is 11.7 Å². The standard InChI is InChI=1S/C14H18ClFN2/c15-11-3-1-4-13(14(11)16)18-8-2-7-17-12(9-18)10-5-6-10/h1,3-4,10,12,17H,2,5-9H2. The Labute approximate surface area is 112 Å². The predicted octanol–water partition coefficient (Wildman–Crippen LogP) is 3.06. The van der Waals surface area contributed by atoms with Gasteiger partial charge in [0.2, 0.25) is 0 Å². The molecule has 0 bridgehead atoms. The number of halogens is 2. The molecule has 2 nitrogen and oxygen atoms in total. The van der Waals surface area contributed by atoms with Crippen LogP contribution in [-0.2, 0) is 0 Å². The van der Waals surface area contributed by atoms with Crippen LogP contribution in [0.3, 0.4) is 0 Å². The minimum absolute atomic E-state index is 0.215. The fraction of sp³-hybridized carbons (Fsp3) is 0.571. The molecule has 0 spiro atoms. The number of anilines is 1. The molecule has 1 N–H and O–H groups in total. The lowest BCUT2D eigenvalue weighted by molar-refractivity contribution is 0.488. The number of nitrogens with one attached hydrogen (secondary N) is 1. The van der Waals surface area contributed by atoms with Gasteiger partial charge in [0, 0.05) is 19.1 Å². The quantitative estimate of drug-likeness (QED) is 0.887. The second-order valence-corrected chi connectivity index (χ2v) is 5.68. The molecule has 1 saturated heterocycles. The zero-order chi connectivity index (χ0) is 12.5. The molecule has 0 amide bonds. The first-order valence-electron chi connectivity index (χ1n) is 6.68. The van der Waals surface area contributed by atoms with Crippen LogP contribution in [0.15, 0.2) is 18.2 Å². The Balaban J connectivity index is 1.82. The average molecular weight is 269 g/mol. The van der Waals surface area contributed by atoms with Crippen molar-refractivity contribution < 1.29 is 4.39 Å². The van der Waals surface area contributed by atoms with Crippen LogP contribution in [0.4, 0.5) is 10.1 Å². The van der Waals surface area contributed by atoms with Crippen molar-refractivity contribution in [2.24, 2.45) is 5.92 Å². The van der Waals surface area contributed by atoms with Crippen molar-refractivity contribution in [2.75, 3.05) is 24.5 Å². The molecule has 1 saturated carbocycles. The van der Waals surface area contributed by atoms with Gasteiger partial charge >= 0.3 is 0 Å². The summed E-state index contributed by atoms with van der Waals surface area (Å²) in [4.78, 5) is 2.14. The summed E-state index contributed by atoms with van der Waals surface area (Å²) in [6.45, 7) is 2.81. The number of hydrogen-bond acceptors (Lipinski definition) is 2. The maximum atomic E-state index is 14.1. The van der Waals surface area contributed by atoms with Crippen molar-refractivity contribution >= 4 is 17.3 Å². The molecule has 1 aromatic carbocycles. The molecule has 1 aliphatic carbocycles. The topological polar surface area (TPSA) is 15.3 Å². The third-order valence-electron chi connectivity index (χ3n) is 3.89. The third kappa shape index (κ3) is 2.47. The van der Waals surface area contributed by atoms with Crippen molar-refractivity contribution in [1.29, 1.82) is 0 Å². The molecule has 4 heteroatoms. The fourth-order valence-electron chi connectivity index (χ4n) is 2.72. The maximum absolute atomic E-state index is 14.1. The van der Waals surface area contributed by atoms with E-state index < -0.39 is 0 Å². The molecule has 2 aliphatic rings. The van der Waals surface area contributed by atoms with E-state index in [2.05, 4.69) is 10.2 Å². The van der Waals surface area contributed by atoms with Crippen molar-refractivity contribution in [2.45, 2.75) is 25.3 Å². The van der Waals surface area contributed by atoms with Crippen LogP contribution in [0.1, 0.15) is 19.3 Å². The molecule has 3 rings (SSSR count). The van der Waals surface area contributed by atoms with Crippen LogP contribution in [0.5, 0.6) is 0 Å². The van der Waals surface area contributed by atoms with Gasteiger partial charge in [0.25, 0.3) is 0 Å². The maximum Gasteiger partial charge on any atom is 0.165 e. The Bertz CT molecular complexity index is 434. The molecule has 1 atom stereocenters. The van der Waals surface area contributed by atoms with Crippen LogP contribution in [0, 0.1) is 11.7 Å². The molecule has 1 aromatic rings. The number of benzene rings is 1. The summed E-state index contributed by atoms with van der Waals surface area (Å²) in [5.41, 5.74) is 0.650. The van der Waals surface area contributed by atoms with Crippen LogP contribution in [0.2, 0.25) is 5.02 Å². The SMILES string of the molecule is Fc1c(Cl)cccc1N1CCCNC(C2CC2)C1. The van der Waals surface area contributed by atoms with E-state index in [4.69, 9.17) is 11.6 Å². The third-order valence-corrected chi connectivity index (χ3v) is 4.18. The van der Waals surface area contributed by atoms with Gasteiger partial charge in [0.15, 0.2) is 5.82 Å². The first kappa shape index (κ1) is 12.2. The number of hydrogen-bond donors (Lipinski definition) is 1. The highest BCUT2D eigenvalue weighted by molar-refractivity contribution is 6.31. The normalized spacial score (nSPS) is 25.0. The largest absolute Gasteiger partial charge is 0.368 e. The Hall–Kier alpha value is -0.800. The molecule has 1 unspecified atom stereocenters. The molecule has 18 heavy (non-hydrogen) atoms. The Morgan fingerprint density at radius 2 is 2.17 bits per heavy atom. The minimum Gasteiger partial charge on any atom is -0.368 e. The summed E-state index contributed by atoms with van der Waals surface area (Å²) in [7, 11) is 0. The zero-order valence-electron chi connectivity index (χ0n) is 10.3. The monoisotopic (exact) mass is 268 g/mol. The van der Waals surface area contributed by atoms with E-state index in [9.17, 15) is 4.39 Å². The smallest absolute Gasteiger partial charge is 0.165 e. The summed E-state index contributed by atoms with van der Waals surface area (Å²) in [6, 6.07) is 5.77. The Kier molecular flexibility index (Phi) is 3.44. The molecule has 0 radical (unpaired) electrons. The molecule has 1 heterocycles. The van der Waals surface area contributed by atoms with E-state index >= 15 is 0 Å². The average Bonchev–Trinajstić information content (AvgIpc) is 3.16. The van der Waals surface area contributed by atoms with Gasteiger partial charge in [-0.05, 0) is 43.9 Å². The van der Waals surface area contributed by atoms with Gasteiger partial charge in [-0.25, -0.2) is 4.39 Å². The Morgan fingerprint density at radius 3 is 2.94 bits per heavy atom. The second-order valence-electron chi connectivity index (χ2n) is 5.27. The summed E-state index contributed by atoms with van der Waals surface area (Å²) in [5, 5.41) is 3.80. The fourth-order valence-corrected chi connectivity index (χ4v) is 2.89. The van der Waals surface area contributed by atoms with Gasteiger partial charge < -0.3 is 10.2 Å². The molecule has 0 aromatic heterocycles. The highest BCUT2D eigenvalue weighted by atomic mass is 35.5. The summed E-state index contributed by atoms with van der Waals surface area (Å²) < 4.78 is 14.1. The first-order chi connectivity index (χ1) is 8.75. The number of nitrogens with zero attached hydrogens (tertiary/aromatic N) is 1. The van der Waals surface area contributed by atoms with Crippen molar-refractivity contribution in [3.05, 3.63) is 29.0 Å².